The Kier molecular flexibility index (Phi) is 6.40. The van der Waals surface area contributed by atoms with Gasteiger partial charge in [0.05, 0.1) is 29.7 Å². The first-order valence-electron chi connectivity index (χ1n) is 10.4. The van der Waals surface area contributed by atoms with E-state index in [1.807, 2.05) is 11.8 Å². The smallest absolute Gasteiger partial charge is 0.543 e. The largest absolute Gasteiger partial charge is 1.00 e. The summed E-state index contributed by atoms with van der Waals surface area (Å²) in [5.41, 5.74) is 0.227. The molecule has 32 heavy (non-hydrogen) atoms. The van der Waals surface area contributed by atoms with Crippen LogP contribution in [-0.4, -0.2) is 81.2 Å². The van der Waals surface area contributed by atoms with Gasteiger partial charge in [-0.3, -0.25) is 9.59 Å². The van der Waals surface area contributed by atoms with Crippen molar-refractivity contribution in [2.75, 3.05) is 31.1 Å². The maximum Gasteiger partial charge on any atom is 1.00 e. The summed E-state index contributed by atoms with van der Waals surface area (Å²) in [6.07, 6.45) is 1.55. The topological polar surface area (TPSA) is 130 Å². The van der Waals surface area contributed by atoms with Crippen LogP contribution in [0.15, 0.2) is 21.3 Å². The first-order chi connectivity index (χ1) is 14.8. The second-order valence-electron chi connectivity index (χ2n) is 8.56. The van der Waals surface area contributed by atoms with Crippen LogP contribution in [0.5, 0.6) is 0 Å². The number of β-lactam (4-membered cyclic amide) rings is 1. The number of hydrogen-bond acceptors (Lipinski definition) is 9. The van der Waals surface area contributed by atoms with Gasteiger partial charge < -0.3 is 34.1 Å². The molecule has 1 aromatic heterocycles. The molecule has 3 fully saturated rings. The number of carboxylic acids is 1. The number of hydrogen-bond donors (Lipinski definition) is 1. The van der Waals surface area contributed by atoms with Crippen LogP contribution in [0.25, 0.3) is 0 Å². The standard InChI is InChI=1S/C20H24N4O6S.Na/c1-9-14-13(10(2)25)18(27)24(14)15(19(28)29)16(9)31-11-6-23(7-11)20-21-12(8-30-20)17(26)22-4-3-5-22;/h8-11,13-14,25H,3-7H2,1-2H3,(H,28,29);/q;+1/p-1/t9-,10-,13?,14?;/m1./s1. The summed E-state index contributed by atoms with van der Waals surface area (Å²) >= 11 is 1.43. The van der Waals surface area contributed by atoms with Gasteiger partial charge in [0.25, 0.3) is 11.9 Å². The third-order valence-corrected chi connectivity index (χ3v) is 8.02. The van der Waals surface area contributed by atoms with Crippen LogP contribution >= 0.6 is 11.8 Å². The number of rotatable bonds is 6. The van der Waals surface area contributed by atoms with Gasteiger partial charge in [-0.1, -0.05) is 6.92 Å². The molecule has 166 valence electrons. The molecule has 2 unspecified atom stereocenters. The minimum absolute atomic E-state index is 0. The molecule has 0 bridgehead atoms. The molecule has 0 aliphatic carbocycles. The van der Waals surface area contributed by atoms with E-state index in [1.165, 1.54) is 22.9 Å². The summed E-state index contributed by atoms with van der Waals surface area (Å²) < 4.78 is 5.47. The summed E-state index contributed by atoms with van der Waals surface area (Å²) in [4.78, 5) is 46.2. The number of fused-ring (bicyclic) bond motifs is 1. The van der Waals surface area contributed by atoms with Crippen molar-refractivity contribution < 1.29 is 58.6 Å². The molecule has 0 radical (unpaired) electrons. The van der Waals surface area contributed by atoms with E-state index in [9.17, 15) is 24.6 Å². The number of anilines is 1. The van der Waals surface area contributed by atoms with Crippen LogP contribution < -0.4 is 39.6 Å². The molecule has 10 nitrogen and oxygen atoms in total. The van der Waals surface area contributed by atoms with E-state index in [-0.39, 0.29) is 64.3 Å². The normalized spacial score (nSPS) is 27.9. The fourth-order valence-corrected chi connectivity index (χ4v) is 6.22. The number of amides is 2. The predicted octanol–water partition coefficient (Wildman–Crippen LogP) is -3.73. The molecule has 0 aromatic carbocycles. The van der Waals surface area contributed by atoms with E-state index < -0.39 is 18.0 Å². The Labute approximate surface area is 211 Å². The number of oxazole rings is 1. The van der Waals surface area contributed by atoms with Crippen LogP contribution in [0.4, 0.5) is 6.01 Å². The van der Waals surface area contributed by atoms with Crippen molar-refractivity contribution in [2.45, 2.75) is 37.7 Å². The van der Waals surface area contributed by atoms with Gasteiger partial charge in [-0.2, -0.15) is 4.98 Å². The number of aliphatic hydroxyl groups excluding tert-OH is 1. The molecule has 4 atom stereocenters. The maximum atomic E-state index is 12.4. The molecule has 2 amide bonds. The van der Waals surface area contributed by atoms with Crippen molar-refractivity contribution in [2.24, 2.45) is 11.8 Å². The average molecular weight is 470 g/mol. The van der Waals surface area contributed by atoms with Gasteiger partial charge in [-0.15, -0.1) is 11.8 Å². The molecule has 4 aliphatic heterocycles. The molecule has 1 aromatic rings. The van der Waals surface area contributed by atoms with Gasteiger partial charge >= 0.3 is 29.6 Å². The van der Waals surface area contributed by atoms with E-state index in [0.717, 1.165) is 19.5 Å². The fraction of sp³-hybridized carbons (Fsp3) is 0.600. The molecule has 1 N–H and O–H groups in total. The minimum atomic E-state index is -1.37. The molecule has 4 aliphatic rings. The zero-order valence-corrected chi connectivity index (χ0v) is 21.0. The zero-order valence-electron chi connectivity index (χ0n) is 18.2. The molecule has 0 spiro atoms. The van der Waals surface area contributed by atoms with Crippen molar-refractivity contribution in [3.63, 3.8) is 0 Å². The molecule has 3 saturated heterocycles. The Morgan fingerprint density at radius 3 is 2.59 bits per heavy atom. The maximum absolute atomic E-state index is 12.4. The third-order valence-electron chi connectivity index (χ3n) is 6.57. The van der Waals surface area contributed by atoms with E-state index in [0.29, 0.717) is 29.7 Å². The van der Waals surface area contributed by atoms with Crippen LogP contribution in [0.1, 0.15) is 30.8 Å². The van der Waals surface area contributed by atoms with Gasteiger partial charge in [0.1, 0.15) is 6.26 Å². The van der Waals surface area contributed by atoms with Crippen LogP contribution in [0.2, 0.25) is 0 Å². The number of nitrogens with zero attached hydrogens (tertiary/aromatic N) is 4. The molecular weight excluding hydrogens is 447 g/mol. The molecule has 12 heteroatoms. The number of aliphatic hydroxyl groups is 1. The number of likely N-dealkylation sites (tertiary alicyclic amines) is 1. The fourth-order valence-electron chi connectivity index (χ4n) is 4.71. The van der Waals surface area contributed by atoms with Crippen molar-refractivity contribution in [3.8, 4) is 0 Å². The Hall–Kier alpha value is -1.53. The second kappa shape index (κ2) is 8.68. The number of aliphatic carboxylic acids is 1. The average Bonchev–Trinajstić information content (AvgIpc) is 3.18. The van der Waals surface area contributed by atoms with Crippen molar-refractivity contribution in [1.82, 2.24) is 14.8 Å². The van der Waals surface area contributed by atoms with Gasteiger partial charge in [-0.05, 0) is 13.3 Å². The number of carbonyl (C=O) groups is 3. The predicted molar refractivity (Wildman–Crippen MR) is 108 cm³/mol. The van der Waals surface area contributed by atoms with Gasteiger partial charge in [0.2, 0.25) is 5.91 Å². The number of aromatic nitrogens is 1. The Morgan fingerprint density at radius 1 is 1.34 bits per heavy atom. The van der Waals surface area contributed by atoms with Crippen LogP contribution in [0.3, 0.4) is 0 Å². The quantitative estimate of drug-likeness (QED) is 0.329. The van der Waals surface area contributed by atoms with Gasteiger partial charge in [0.15, 0.2) is 5.69 Å². The summed E-state index contributed by atoms with van der Waals surface area (Å²) in [6, 6.07) is 0.0309. The van der Waals surface area contributed by atoms with Gasteiger partial charge in [0, 0.05) is 42.3 Å². The number of thioether (sulfide) groups is 1. The Bertz CT molecular complexity index is 986. The Balaban J connectivity index is 0.00000245. The summed E-state index contributed by atoms with van der Waals surface area (Å²) in [6.45, 7) is 6.09. The number of carboxylic acid groups (broad SMARTS) is 1. The second-order valence-corrected chi connectivity index (χ2v) is 9.90. The van der Waals surface area contributed by atoms with E-state index in [2.05, 4.69) is 4.98 Å². The molecule has 5 rings (SSSR count). The SMILES string of the molecule is C[C@@H](O)C1C(=O)N2C(C(=O)[O-])=C(SC3CN(c4nc(C(=O)N5CCC5)co4)C3)[C@H](C)C12.[Na+]. The summed E-state index contributed by atoms with van der Waals surface area (Å²) in [5.74, 6) is -2.64. The van der Waals surface area contributed by atoms with Crippen LogP contribution in [0, 0.1) is 11.8 Å². The van der Waals surface area contributed by atoms with Crippen molar-refractivity contribution in [1.29, 1.82) is 0 Å². The van der Waals surface area contributed by atoms with E-state index >= 15 is 0 Å². The zero-order chi connectivity index (χ0) is 22.0. The molecule has 0 saturated carbocycles. The van der Waals surface area contributed by atoms with Crippen LogP contribution in [-0.2, 0) is 9.59 Å². The number of carbonyl (C=O) groups excluding carboxylic acids is 3. The molecular formula is C20H23N4NaO6S. The van der Waals surface area contributed by atoms with E-state index in [1.54, 1.807) is 11.8 Å². The van der Waals surface area contributed by atoms with Crippen molar-refractivity contribution >= 4 is 35.6 Å². The third kappa shape index (κ3) is 3.58. The van der Waals surface area contributed by atoms with Gasteiger partial charge in [-0.25, -0.2) is 0 Å². The summed E-state index contributed by atoms with van der Waals surface area (Å²) in [7, 11) is 0. The first-order valence-corrected chi connectivity index (χ1v) is 11.3. The van der Waals surface area contributed by atoms with E-state index in [4.69, 9.17) is 4.42 Å². The minimum Gasteiger partial charge on any atom is -0.543 e. The Morgan fingerprint density at radius 2 is 2.03 bits per heavy atom. The summed E-state index contributed by atoms with van der Waals surface area (Å²) in [5, 5.41) is 21.8. The monoisotopic (exact) mass is 470 g/mol. The van der Waals surface area contributed by atoms with Crippen molar-refractivity contribution in [3.05, 3.63) is 22.6 Å². The first kappa shape index (κ1) is 23.6. The molecule has 5 heterocycles.